The standard InChI is InChI=1S/C18H19NO2/c1-12-9-10-16(17(20)11-12)19-18(21)15-8-4-6-13-5-2-3-7-14(13)15/h2-3,5,7,9-11,15,20H,4,6,8H2,1H3,(H,19,21). The fourth-order valence-corrected chi connectivity index (χ4v) is 2.99. The van der Waals surface area contributed by atoms with Crippen LogP contribution in [0.1, 0.15) is 35.4 Å². The minimum absolute atomic E-state index is 0.0405. The van der Waals surface area contributed by atoms with Gasteiger partial charge in [0.05, 0.1) is 11.6 Å². The summed E-state index contributed by atoms with van der Waals surface area (Å²) in [6.07, 6.45) is 2.92. The fourth-order valence-electron chi connectivity index (χ4n) is 2.99. The van der Waals surface area contributed by atoms with Crippen LogP contribution in [0.25, 0.3) is 0 Å². The molecule has 1 atom stereocenters. The lowest BCUT2D eigenvalue weighted by Crippen LogP contribution is -2.24. The normalized spacial score (nSPS) is 17.1. The van der Waals surface area contributed by atoms with E-state index < -0.39 is 0 Å². The van der Waals surface area contributed by atoms with Crippen LogP contribution in [-0.2, 0) is 11.2 Å². The molecule has 0 aromatic heterocycles. The summed E-state index contributed by atoms with van der Waals surface area (Å²) in [4.78, 5) is 12.5. The lowest BCUT2D eigenvalue weighted by atomic mass is 9.82. The molecule has 3 rings (SSSR count). The van der Waals surface area contributed by atoms with E-state index in [1.54, 1.807) is 12.1 Å². The number of anilines is 1. The Morgan fingerprint density at radius 2 is 2.05 bits per heavy atom. The second-order valence-corrected chi connectivity index (χ2v) is 5.65. The van der Waals surface area contributed by atoms with Crippen molar-refractivity contribution < 1.29 is 9.90 Å². The maximum Gasteiger partial charge on any atom is 0.232 e. The van der Waals surface area contributed by atoms with Gasteiger partial charge in [0.15, 0.2) is 0 Å². The molecular weight excluding hydrogens is 262 g/mol. The summed E-state index contributed by atoms with van der Waals surface area (Å²) >= 11 is 0. The molecule has 108 valence electrons. The van der Waals surface area contributed by atoms with Crippen molar-refractivity contribution in [1.29, 1.82) is 0 Å². The molecule has 2 aromatic carbocycles. The van der Waals surface area contributed by atoms with E-state index in [-0.39, 0.29) is 17.6 Å². The maximum absolute atomic E-state index is 12.5. The van der Waals surface area contributed by atoms with Crippen molar-refractivity contribution in [3.8, 4) is 5.75 Å². The van der Waals surface area contributed by atoms with Crippen LogP contribution in [0, 0.1) is 6.92 Å². The van der Waals surface area contributed by atoms with Crippen molar-refractivity contribution in [3.63, 3.8) is 0 Å². The number of phenols is 1. The van der Waals surface area contributed by atoms with Gasteiger partial charge in [-0.25, -0.2) is 0 Å². The highest BCUT2D eigenvalue weighted by Gasteiger charge is 2.26. The molecule has 0 saturated heterocycles. The molecule has 21 heavy (non-hydrogen) atoms. The monoisotopic (exact) mass is 281 g/mol. The molecule has 1 aliphatic carbocycles. The number of hydrogen-bond acceptors (Lipinski definition) is 2. The van der Waals surface area contributed by atoms with E-state index in [0.29, 0.717) is 5.69 Å². The third kappa shape index (κ3) is 2.77. The van der Waals surface area contributed by atoms with Crippen molar-refractivity contribution in [1.82, 2.24) is 0 Å². The summed E-state index contributed by atoms with van der Waals surface area (Å²) in [5.74, 6) is -0.0515. The van der Waals surface area contributed by atoms with Crippen molar-refractivity contribution in [2.75, 3.05) is 5.32 Å². The van der Waals surface area contributed by atoms with Crippen LogP contribution in [0.2, 0.25) is 0 Å². The molecule has 2 aromatic rings. The Balaban J connectivity index is 1.83. The van der Waals surface area contributed by atoms with Gasteiger partial charge in [-0.1, -0.05) is 30.3 Å². The second kappa shape index (κ2) is 5.60. The molecule has 0 bridgehead atoms. The first-order valence-electron chi connectivity index (χ1n) is 7.33. The van der Waals surface area contributed by atoms with Gasteiger partial charge in [-0.2, -0.15) is 0 Å². The zero-order chi connectivity index (χ0) is 14.8. The molecule has 0 fully saturated rings. The van der Waals surface area contributed by atoms with Crippen LogP contribution < -0.4 is 5.32 Å². The molecule has 0 spiro atoms. The largest absolute Gasteiger partial charge is 0.506 e. The first kappa shape index (κ1) is 13.7. The van der Waals surface area contributed by atoms with Gasteiger partial charge in [0.2, 0.25) is 5.91 Å². The summed E-state index contributed by atoms with van der Waals surface area (Å²) in [7, 11) is 0. The lowest BCUT2D eigenvalue weighted by molar-refractivity contribution is -0.117. The number of amides is 1. The van der Waals surface area contributed by atoms with E-state index in [0.717, 1.165) is 30.4 Å². The molecule has 1 unspecified atom stereocenters. The summed E-state index contributed by atoms with van der Waals surface area (Å²) < 4.78 is 0. The molecule has 3 heteroatoms. The van der Waals surface area contributed by atoms with Gasteiger partial charge in [-0.15, -0.1) is 0 Å². The predicted octanol–water partition coefficient (Wildman–Crippen LogP) is 3.76. The van der Waals surface area contributed by atoms with Crippen LogP contribution in [0.3, 0.4) is 0 Å². The molecule has 1 amide bonds. The number of fused-ring (bicyclic) bond motifs is 1. The predicted molar refractivity (Wildman–Crippen MR) is 83.6 cm³/mol. The van der Waals surface area contributed by atoms with Crippen LogP contribution >= 0.6 is 0 Å². The third-order valence-electron chi connectivity index (χ3n) is 4.10. The average Bonchev–Trinajstić information content (AvgIpc) is 2.49. The number of phenolic OH excluding ortho intramolecular Hbond substituents is 1. The number of aryl methyl sites for hydroxylation is 2. The highest BCUT2D eigenvalue weighted by molar-refractivity contribution is 5.97. The van der Waals surface area contributed by atoms with E-state index in [1.807, 2.05) is 31.2 Å². The first-order valence-corrected chi connectivity index (χ1v) is 7.33. The highest BCUT2D eigenvalue weighted by Crippen LogP contribution is 2.33. The number of hydrogen-bond donors (Lipinski definition) is 2. The van der Waals surface area contributed by atoms with Crippen LogP contribution in [0.15, 0.2) is 42.5 Å². The number of benzene rings is 2. The summed E-state index contributed by atoms with van der Waals surface area (Å²) in [5.41, 5.74) is 3.83. The Labute approximate surface area is 124 Å². The Morgan fingerprint density at radius 3 is 2.86 bits per heavy atom. The smallest absolute Gasteiger partial charge is 0.232 e. The first-order chi connectivity index (χ1) is 10.1. The third-order valence-corrected chi connectivity index (χ3v) is 4.10. The second-order valence-electron chi connectivity index (χ2n) is 5.65. The highest BCUT2D eigenvalue weighted by atomic mass is 16.3. The number of nitrogens with one attached hydrogen (secondary N) is 1. The van der Waals surface area contributed by atoms with Gasteiger partial charge in [0, 0.05) is 0 Å². The maximum atomic E-state index is 12.5. The van der Waals surface area contributed by atoms with Crippen molar-refractivity contribution in [3.05, 3.63) is 59.2 Å². The van der Waals surface area contributed by atoms with Gasteiger partial charge >= 0.3 is 0 Å². The minimum atomic E-state index is -0.129. The summed E-state index contributed by atoms with van der Waals surface area (Å²) in [6, 6.07) is 13.4. The van der Waals surface area contributed by atoms with Gasteiger partial charge in [0.1, 0.15) is 5.75 Å². The number of carbonyl (C=O) groups excluding carboxylic acids is 1. The van der Waals surface area contributed by atoms with Crippen LogP contribution in [0.4, 0.5) is 5.69 Å². The Morgan fingerprint density at radius 1 is 1.24 bits per heavy atom. The molecule has 0 saturated carbocycles. The Bertz CT molecular complexity index is 679. The molecule has 1 aliphatic rings. The molecule has 0 aliphatic heterocycles. The van der Waals surface area contributed by atoms with E-state index in [9.17, 15) is 9.90 Å². The van der Waals surface area contributed by atoms with Gasteiger partial charge < -0.3 is 10.4 Å². The zero-order valence-corrected chi connectivity index (χ0v) is 12.1. The lowest BCUT2D eigenvalue weighted by Gasteiger charge is -2.24. The summed E-state index contributed by atoms with van der Waals surface area (Å²) in [5, 5.41) is 12.8. The Kier molecular flexibility index (Phi) is 3.65. The van der Waals surface area contributed by atoms with E-state index in [1.165, 1.54) is 5.56 Å². The number of aromatic hydroxyl groups is 1. The van der Waals surface area contributed by atoms with E-state index in [2.05, 4.69) is 11.4 Å². The average molecular weight is 281 g/mol. The van der Waals surface area contributed by atoms with Gasteiger partial charge in [-0.05, 0) is 55.0 Å². The number of carbonyl (C=O) groups is 1. The fraction of sp³-hybridized carbons (Fsp3) is 0.278. The SMILES string of the molecule is Cc1ccc(NC(=O)C2CCCc3ccccc32)c(O)c1. The van der Waals surface area contributed by atoms with E-state index in [4.69, 9.17) is 0 Å². The zero-order valence-electron chi connectivity index (χ0n) is 12.1. The molecule has 0 heterocycles. The van der Waals surface area contributed by atoms with Gasteiger partial charge in [-0.3, -0.25) is 4.79 Å². The van der Waals surface area contributed by atoms with Crippen molar-refractivity contribution in [2.45, 2.75) is 32.1 Å². The quantitative estimate of drug-likeness (QED) is 0.823. The van der Waals surface area contributed by atoms with Crippen molar-refractivity contribution >= 4 is 11.6 Å². The van der Waals surface area contributed by atoms with Gasteiger partial charge in [0.25, 0.3) is 0 Å². The topological polar surface area (TPSA) is 49.3 Å². The van der Waals surface area contributed by atoms with Crippen molar-refractivity contribution in [2.24, 2.45) is 0 Å². The Hall–Kier alpha value is -2.29. The molecule has 0 radical (unpaired) electrons. The summed E-state index contributed by atoms with van der Waals surface area (Å²) in [6.45, 7) is 1.91. The minimum Gasteiger partial charge on any atom is -0.506 e. The van der Waals surface area contributed by atoms with Crippen LogP contribution in [-0.4, -0.2) is 11.0 Å². The van der Waals surface area contributed by atoms with Crippen LogP contribution in [0.5, 0.6) is 5.75 Å². The molecular formula is C18H19NO2. The molecule has 2 N–H and O–H groups in total. The number of rotatable bonds is 2. The van der Waals surface area contributed by atoms with E-state index >= 15 is 0 Å². The molecule has 3 nitrogen and oxygen atoms in total.